The lowest BCUT2D eigenvalue weighted by Gasteiger charge is -2.08. The Morgan fingerprint density at radius 2 is 1.70 bits per heavy atom. The van der Waals surface area contributed by atoms with Gasteiger partial charge in [-0.2, -0.15) is 8.42 Å². The molecule has 2 aromatic carbocycles. The number of carbonyl (C=O) groups excluding carboxylic acids is 1. The third kappa shape index (κ3) is 3.24. The van der Waals surface area contributed by atoms with Crippen LogP contribution in [0.25, 0.3) is 0 Å². The standard InChI is InChI=1S/C15H14O4S/c1-11-6-8-14(9-7-11)19-20(17,18)15-5-3-4-13(10-15)12(2)16/h3-10H,1-2H3. The van der Waals surface area contributed by atoms with Crippen LogP contribution in [0.3, 0.4) is 0 Å². The van der Waals surface area contributed by atoms with E-state index in [4.69, 9.17) is 4.18 Å². The van der Waals surface area contributed by atoms with Gasteiger partial charge in [-0.1, -0.05) is 29.8 Å². The first-order valence-corrected chi connectivity index (χ1v) is 7.41. The van der Waals surface area contributed by atoms with E-state index in [2.05, 4.69) is 0 Å². The minimum absolute atomic E-state index is 0.0363. The highest BCUT2D eigenvalue weighted by molar-refractivity contribution is 7.87. The molecule has 0 spiro atoms. The molecule has 0 aromatic heterocycles. The van der Waals surface area contributed by atoms with Gasteiger partial charge in [0.05, 0.1) is 0 Å². The number of Topliss-reactive ketones (excluding diaryl/α,β-unsaturated/α-hetero) is 1. The quantitative estimate of drug-likeness (QED) is 0.641. The van der Waals surface area contributed by atoms with Gasteiger partial charge in [0.2, 0.25) is 0 Å². The summed E-state index contributed by atoms with van der Waals surface area (Å²) in [6, 6.07) is 12.5. The van der Waals surface area contributed by atoms with Crippen molar-refractivity contribution < 1.29 is 17.4 Å². The van der Waals surface area contributed by atoms with Crippen LogP contribution in [0.2, 0.25) is 0 Å². The molecule has 4 nitrogen and oxygen atoms in total. The Labute approximate surface area is 118 Å². The number of hydrogen-bond acceptors (Lipinski definition) is 4. The number of rotatable bonds is 4. The summed E-state index contributed by atoms with van der Waals surface area (Å²) < 4.78 is 29.3. The Balaban J connectivity index is 2.33. The van der Waals surface area contributed by atoms with Crippen LogP contribution in [-0.4, -0.2) is 14.2 Å². The molecular formula is C15H14O4S. The van der Waals surface area contributed by atoms with E-state index >= 15 is 0 Å². The minimum Gasteiger partial charge on any atom is -0.379 e. The van der Waals surface area contributed by atoms with Crippen LogP contribution in [0.5, 0.6) is 5.75 Å². The molecule has 104 valence electrons. The monoisotopic (exact) mass is 290 g/mol. The molecule has 0 atom stereocenters. The predicted octanol–water partition coefficient (Wildman–Crippen LogP) is 2.97. The molecule has 0 aliphatic carbocycles. The second-order valence-corrected chi connectivity index (χ2v) is 5.98. The number of ketones is 1. The van der Waals surface area contributed by atoms with Gasteiger partial charge in [0.1, 0.15) is 10.6 Å². The summed E-state index contributed by atoms with van der Waals surface area (Å²) in [5, 5.41) is 0. The fourth-order valence-electron chi connectivity index (χ4n) is 1.64. The molecule has 0 saturated heterocycles. The largest absolute Gasteiger partial charge is 0.379 e. The van der Waals surface area contributed by atoms with Crippen molar-refractivity contribution in [1.82, 2.24) is 0 Å². The summed E-state index contributed by atoms with van der Waals surface area (Å²) in [5.74, 6) is 0.0428. The van der Waals surface area contributed by atoms with Crippen molar-refractivity contribution in [1.29, 1.82) is 0 Å². The third-order valence-electron chi connectivity index (χ3n) is 2.76. The SMILES string of the molecule is CC(=O)c1cccc(S(=O)(=O)Oc2ccc(C)cc2)c1. The van der Waals surface area contributed by atoms with Gasteiger partial charge in [0.15, 0.2) is 5.78 Å². The van der Waals surface area contributed by atoms with Crippen molar-refractivity contribution in [2.45, 2.75) is 18.7 Å². The van der Waals surface area contributed by atoms with Gasteiger partial charge in [0.25, 0.3) is 0 Å². The maximum Gasteiger partial charge on any atom is 0.339 e. The summed E-state index contributed by atoms with van der Waals surface area (Å²) in [5.41, 5.74) is 1.34. The molecule has 0 heterocycles. The second kappa shape index (κ2) is 5.46. The summed E-state index contributed by atoms with van der Waals surface area (Å²) in [6.45, 7) is 3.28. The van der Waals surface area contributed by atoms with Crippen LogP contribution < -0.4 is 4.18 Å². The van der Waals surface area contributed by atoms with Gasteiger partial charge in [-0.25, -0.2) is 0 Å². The highest BCUT2D eigenvalue weighted by Gasteiger charge is 2.17. The summed E-state index contributed by atoms with van der Waals surface area (Å²) in [4.78, 5) is 11.2. The first-order valence-electron chi connectivity index (χ1n) is 6.01. The number of benzene rings is 2. The lowest BCUT2D eigenvalue weighted by molar-refractivity contribution is 0.101. The molecule has 0 radical (unpaired) electrons. The molecule has 0 saturated carbocycles. The van der Waals surface area contributed by atoms with E-state index in [9.17, 15) is 13.2 Å². The van der Waals surface area contributed by atoms with Crippen LogP contribution in [0.1, 0.15) is 22.8 Å². The molecule has 2 rings (SSSR count). The molecule has 0 aliphatic heterocycles. The fourth-order valence-corrected chi connectivity index (χ4v) is 2.62. The Kier molecular flexibility index (Phi) is 3.90. The predicted molar refractivity (Wildman–Crippen MR) is 75.4 cm³/mol. The molecule has 0 amide bonds. The summed E-state index contributed by atoms with van der Waals surface area (Å²) in [6.07, 6.45) is 0. The number of carbonyl (C=O) groups is 1. The Morgan fingerprint density at radius 3 is 2.30 bits per heavy atom. The van der Waals surface area contributed by atoms with E-state index in [1.165, 1.54) is 25.1 Å². The van der Waals surface area contributed by atoms with Crippen LogP contribution in [-0.2, 0) is 10.1 Å². The van der Waals surface area contributed by atoms with E-state index in [1.54, 1.807) is 30.3 Å². The van der Waals surface area contributed by atoms with Crippen molar-refractivity contribution in [3.8, 4) is 5.75 Å². The number of hydrogen-bond donors (Lipinski definition) is 0. The summed E-state index contributed by atoms with van der Waals surface area (Å²) >= 11 is 0. The highest BCUT2D eigenvalue weighted by Crippen LogP contribution is 2.20. The van der Waals surface area contributed by atoms with Crippen LogP contribution in [0.15, 0.2) is 53.4 Å². The molecule has 20 heavy (non-hydrogen) atoms. The van der Waals surface area contributed by atoms with E-state index < -0.39 is 10.1 Å². The smallest absolute Gasteiger partial charge is 0.339 e. The van der Waals surface area contributed by atoms with Gasteiger partial charge >= 0.3 is 10.1 Å². The Morgan fingerprint density at radius 1 is 1.05 bits per heavy atom. The van der Waals surface area contributed by atoms with Gasteiger partial charge in [0, 0.05) is 5.56 Å². The van der Waals surface area contributed by atoms with Crippen molar-refractivity contribution >= 4 is 15.9 Å². The van der Waals surface area contributed by atoms with Gasteiger partial charge < -0.3 is 4.18 Å². The van der Waals surface area contributed by atoms with Gasteiger partial charge in [-0.15, -0.1) is 0 Å². The molecule has 0 unspecified atom stereocenters. The van der Waals surface area contributed by atoms with Crippen LogP contribution in [0, 0.1) is 6.92 Å². The van der Waals surface area contributed by atoms with Crippen LogP contribution in [0.4, 0.5) is 0 Å². The maximum absolute atomic E-state index is 12.1. The van der Waals surface area contributed by atoms with Crippen molar-refractivity contribution in [3.05, 3.63) is 59.7 Å². The zero-order valence-corrected chi connectivity index (χ0v) is 12.0. The van der Waals surface area contributed by atoms with Crippen molar-refractivity contribution in [2.75, 3.05) is 0 Å². The third-order valence-corrected chi connectivity index (χ3v) is 4.00. The average Bonchev–Trinajstić information content (AvgIpc) is 2.41. The van der Waals surface area contributed by atoms with Gasteiger partial charge in [-0.3, -0.25) is 4.79 Å². The number of aryl methyl sites for hydroxylation is 1. The fraction of sp³-hybridized carbons (Fsp3) is 0.133. The topological polar surface area (TPSA) is 60.4 Å². The van der Waals surface area contributed by atoms with E-state index in [0.29, 0.717) is 5.56 Å². The Hall–Kier alpha value is -2.14. The second-order valence-electron chi connectivity index (χ2n) is 4.43. The van der Waals surface area contributed by atoms with Crippen LogP contribution >= 0.6 is 0 Å². The molecular weight excluding hydrogens is 276 g/mol. The zero-order chi connectivity index (χ0) is 14.8. The molecule has 0 N–H and O–H groups in total. The normalized spacial score (nSPS) is 11.1. The molecule has 0 aliphatic rings. The minimum atomic E-state index is -3.93. The first kappa shape index (κ1) is 14.3. The molecule has 0 bridgehead atoms. The van der Waals surface area contributed by atoms with E-state index in [0.717, 1.165) is 5.56 Å². The first-order chi connectivity index (χ1) is 9.38. The molecule has 5 heteroatoms. The Bertz CT molecular complexity index is 731. The van der Waals surface area contributed by atoms with Crippen molar-refractivity contribution in [2.24, 2.45) is 0 Å². The molecule has 2 aromatic rings. The lowest BCUT2D eigenvalue weighted by Crippen LogP contribution is -2.10. The van der Waals surface area contributed by atoms with E-state index in [-0.39, 0.29) is 16.4 Å². The lowest BCUT2D eigenvalue weighted by atomic mass is 10.2. The van der Waals surface area contributed by atoms with Crippen molar-refractivity contribution in [3.63, 3.8) is 0 Å². The molecule has 0 fully saturated rings. The van der Waals surface area contributed by atoms with E-state index in [1.807, 2.05) is 6.92 Å². The highest BCUT2D eigenvalue weighted by atomic mass is 32.2. The summed E-state index contributed by atoms with van der Waals surface area (Å²) in [7, 11) is -3.93. The maximum atomic E-state index is 12.1. The zero-order valence-electron chi connectivity index (χ0n) is 11.2. The van der Waals surface area contributed by atoms with Gasteiger partial charge in [-0.05, 0) is 38.1 Å². The average molecular weight is 290 g/mol.